The summed E-state index contributed by atoms with van der Waals surface area (Å²) in [4.78, 5) is 30.0. The number of carbonyl (C=O) groups excluding carboxylic acids is 2. The minimum atomic E-state index is -0.474. The number of hydrogen-bond acceptors (Lipinski definition) is 5. The number of rotatable bonds is 7. The Morgan fingerprint density at radius 2 is 2.10 bits per heavy atom. The molecule has 0 aliphatic carbocycles. The second kappa shape index (κ2) is 10.7. The molecular weight excluding hydrogens is 389 g/mol. The first-order valence-electron chi connectivity index (χ1n) is 9.80. The number of methoxy groups -OCH3 is 1. The molecule has 3 amide bonds. The summed E-state index contributed by atoms with van der Waals surface area (Å²) in [5, 5.41) is 8.26. The van der Waals surface area contributed by atoms with E-state index in [-0.39, 0.29) is 18.6 Å². The van der Waals surface area contributed by atoms with Gasteiger partial charge in [-0.15, -0.1) is 0 Å². The Morgan fingerprint density at radius 3 is 2.87 bits per heavy atom. The molecule has 1 fully saturated rings. The summed E-state index contributed by atoms with van der Waals surface area (Å²) < 4.78 is 19.0. The smallest absolute Gasteiger partial charge is 0.323 e. The van der Waals surface area contributed by atoms with E-state index in [2.05, 4.69) is 25.8 Å². The Balaban J connectivity index is 1.58. The van der Waals surface area contributed by atoms with Gasteiger partial charge in [0.15, 0.2) is 0 Å². The molecular formula is C21H26FN5O3. The second-order valence-corrected chi connectivity index (χ2v) is 7.24. The number of halogens is 1. The van der Waals surface area contributed by atoms with Gasteiger partial charge < -0.3 is 20.7 Å². The molecule has 9 heteroatoms. The molecule has 0 saturated carbocycles. The molecule has 8 nitrogen and oxygen atoms in total. The Kier molecular flexibility index (Phi) is 7.69. The van der Waals surface area contributed by atoms with Gasteiger partial charge in [0.2, 0.25) is 5.91 Å². The van der Waals surface area contributed by atoms with E-state index in [0.29, 0.717) is 24.5 Å². The van der Waals surface area contributed by atoms with Gasteiger partial charge in [-0.25, -0.2) is 9.18 Å². The number of piperidine rings is 1. The van der Waals surface area contributed by atoms with Crippen molar-refractivity contribution in [1.29, 1.82) is 0 Å². The molecule has 1 aliphatic rings. The number of pyridine rings is 1. The first-order valence-corrected chi connectivity index (χ1v) is 9.80. The largest absolute Gasteiger partial charge is 0.375 e. The fourth-order valence-corrected chi connectivity index (χ4v) is 3.52. The van der Waals surface area contributed by atoms with Crippen LogP contribution in [0.4, 0.5) is 20.6 Å². The van der Waals surface area contributed by atoms with E-state index in [9.17, 15) is 14.0 Å². The molecule has 2 heterocycles. The summed E-state index contributed by atoms with van der Waals surface area (Å²) in [6.45, 7) is 2.09. The first-order chi connectivity index (χ1) is 14.5. The Hall–Kier alpha value is -3.04. The highest BCUT2D eigenvalue weighted by atomic mass is 19.1. The van der Waals surface area contributed by atoms with Gasteiger partial charge >= 0.3 is 6.03 Å². The molecule has 3 rings (SSSR count). The van der Waals surface area contributed by atoms with Crippen molar-refractivity contribution in [2.75, 3.05) is 37.4 Å². The number of nitrogens with one attached hydrogen (secondary N) is 3. The number of urea groups is 1. The third kappa shape index (κ3) is 6.78. The van der Waals surface area contributed by atoms with Crippen molar-refractivity contribution in [2.45, 2.75) is 25.4 Å². The standard InChI is InChI=1S/C21H26FN5O3/c1-30-14-20(28)24-18-5-3-7-27(13-18)12-15-8-16(22)10-19(9-15)26-21(29)25-17-4-2-6-23-11-17/h2,4,6,8-11,18H,3,5,7,12-14H2,1H3,(H,24,28)(H2,25,26,29)/t18-/m1/s1. The summed E-state index contributed by atoms with van der Waals surface area (Å²) in [5.74, 6) is -0.563. The molecule has 0 unspecified atom stereocenters. The monoisotopic (exact) mass is 415 g/mol. The van der Waals surface area contributed by atoms with Crippen LogP contribution in [-0.2, 0) is 16.1 Å². The summed E-state index contributed by atoms with van der Waals surface area (Å²) in [7, 11) is 1.49. The van der Waals surface area contributed by atoms with Crippen molar-refractivity contribution in [3.63, 3.8) is 0 Å². The molecule has 2 aromatic rings. The number of anilines is 2. The van der Waals surface area contributed by atoms with E-state index < -0.39 is 11.8 Å². The number of hydrogen-bond donors (Lipinski definition) is 3. The van der Waals surface area contributed by atoms with Gasteiger partial charge in [-0.3, -0.25) is 14.7 Å². The lowest BCUT2D eigenvalue weighted by molar-refractivity contribution is -0.125. The number of ether oxygens (including phenoxy) is 1. The number of likely N-dealkylation sites (tertiary alicyclic amines) is 1. The fraction of sp³-hybridized carbons (Fsp3) is 0.381. The summed E-state index contributed by atoms with van der Waals surface area (Å²) >= 11 is 0. The topological polar surface area (TPSA) is 95.6 Å². The lowest BCUT2D eigenvalue weighted by Gasteiger charge is -2.33. The average molecular weight is 415 g/mol. The molecule has 0 spiro atoms. The van der Waals surface area contributed by atoms with Gasteiger partial charge in [-0.1, -0.05) is 0 Å². The highest BCUT2D eigenvalue weighted by Gasteiger charge is 2.21. The van der Waals surface area contributed by atoms with Crippen LogP contribution in [0.2, 0.25) is 0 Å². The van der Waals surface area contributed by atoms with Crippen LogP contribution in [0.3, 0.4) is 0 Å². The van der Waals surface area contributed by atoms with Crippen LogP contribution in [0.1, 0.15) is 18.4 Å². The molecule has 1 aliphatic heterocycles. The molecule has 30 heavy (non-hydrogen) atoms. The molecule has 1 saturated heterocycles. The molecule has 3 N–H and O–H groups in total. The van der Waals surface area contributed by atoms with E-state index in [4.69, 9.17) is 4.74 Å². The molecule has 1 atom stereocenters. The molecule has 160 valence electrons. The van der Waals surface area contributed by atoms with Crippen molar-refractivity contribution < 1.29 is 18.7 Å². The lowest BCUT2D eigenvalue weighted by atomic mass is 10.0. The maximum absolute atomic E-state index is 14.1. The van der Waals surface area contributed by atoms with Crippen molar-refractivity contribution in [3.8, 4) is 0 Å². The summed E-state index contributed by atoms with van der Waals surface area (Å²) in [6, 6.07) is 7.46. The van der Waals surface area contributed by atoms with E-state index in [0.717, 1.165) is 24.9 Å². The zero-order valence-electron chi connectivity index (χ0n) is 16.9. The molecule has 1 aromatic carbocycles. The minimum absolute atomic E-state index is 0.0382. The number of nitrogens with zero attached hydrogens (tertiary/aromatic N) is 2. The number of aromatic nitrogens is 1. The van der Waals surface area contributed by atoms with Crippen LogP contribution in [0.5, 0.6) is 0 Å². The van der Waals surface area contributed by atoms with Crippen LogP contribution in [0, 0.1) is 5.82 Å². The van der Waals surface area contributed by atoms with E-state index in [1.165, 1.54) is 25.4 Å². The maximum Gasteiger partial charge on any atom is 0.323 e. The SMILES string of the molecule is COCC(=O)N[C@@H]1CCCN(Cc2cc(F)cc(NC(=O)Nc3cccnc3)c2)C1. The van der Waals surface area contributed by atoms with Gasteiger partial charge in [-0.2, -0.15) is 0 Å². The van der Waals surface area contributed by atoms with Gasteiger partial charge in [0.1, 0.15) is 12.4 Å². The van der Waals surface area contributed by atoms with Crippen molar-refractivity contribution in [2.24, 2.45) is 0 Å². The van der Waals surface area contributed by atoms with Gasteiger partial charge in [-0.05, 0) is 55.3 Å². The highest BCUT2D eigenvalue weighted by molar-refractivity contribution is 5.99. The minimum Gasteiger partial charge on any atom is -0.375 e. The van der Waals surface area contributed by atoms with Crippen LogP contribution < -0.4 is 16.0 Å². The number of benzene rings is 1. The fourth-order valence-electron chi connectivity index (χ4n) is 3.52. The van der Waals surface area contributed by atoms with Crippen molar-refractivity contribution >= 4 is 23.3 Å². The zero-order chi connectivity index (χ0) is 21.3. The molecule has 0 bridgehead atoms. The maximum atomic E-state index is 14.1. The van der Waals surface area contributed by atoms with Crippen molar-refractivity contribution in [1.82, 2.24) is 15.2 Å². The van der Waals surface area contributed by atoms with E-state index in [1.54, 1.807) is 24.4 Å². The predicted molar refractivity (Wildman–Crippen MR) is 112 cm³/mol. The Morgan fingerprint density at radius 1 is 1.27 bits per heavy atom. The second-order valence-electron chi connectivity index (χ2n) is 7.24. The Bertz CT molecular complexity index is 865. The number of amides is 3. The Labute approximate surface area is 174 Å². The summed E-state index contributed by atoms with van der Waals surface area (Å²) in [6.07, 6.45) is 4.97. The molecule has 1 aromatic heterocycles. The van der Waals surface area contributed by atoms with Gasteiger partial charge in [0.05, 0.1) is 11.9 Å². The third-order valence-electron chi connectivity index (χ3n) is 4.69. The van der Waals surface area contributed by atoms with Gasteiger partial charge in [0, 0.05) is 38.1 Å². The number of carbonyl (C=O) groups is 2. The van der Waals surface area contributed by atoms with Crippen LogP contribution in [0.15, 0.2) is 42.7 Å². The van der Waals surface area contributed by atoms with E-state index >= 15 is 0 Å². The average Bonchev–Trinajstić information content (AvgIpc) is 2.68. The van der Waals surface area contributed by atoms with E-state index in [1.807, 2.05) is 0 Å². The van der Waals surface area contributed by atoms with Crippen LogP contribution >= 0.6 is 0 Å². The third-order valence-corrected chi connectivity index (χ3v) is 4.69. The highest BCUT2D eigenvalue weighted by Crippen LogP contribution is 2.19. The molecule has 0 radical (unpaired) electrons. The van der Waals surface area contributed by atoms with Crippen LogP contribution in [-0.4, -0.2) is 54.7 Å². The summed E-state index contributed by atoms with van der Waals surface area (Å²) in [5.41, 5.74) is 1.66. The predicted octanol–water partition coefficient (Wildman–Crippen LogP) is 2.59. The normalized spacial score (nSPS) is 16.7. The first kappa shape index (κ1) is 21.7. The van der Waals surface area contributed by atoms with Crippen LogP contribution in [0.25, 0.3) is 0 Å². The quantitative estimate of drug-likeness (QED) is 0.646. The zero-order valence-corrected chi connectivity index (χ0v) is 16.9. The van der Waals surface area contributed by atoms with Crippen molar-refractivity contribution in [3.05, 3.63) is 54.1 Å². The lowest BCUT2D eigenvalue weighted by Crippen LogP contribution is -2.48. The van der Waals surface area contributed by atoms with Gasteiger partial charge in [0.25, 0.3) is 0 Å².